The molecule has 0 heterocycles. The molecule has 1 aliphatic carbocycles. The fourth-order valence-corrected chi connectivity index (χ4v) is 2.87. The number of hydrogen-bond donors (Lipinski definition) is 1. The molecule has 112 valence electrons. The second kappa shape index (κ2) is 7.85. The Hall–Kier alpha value is -0.610. The summed E-state index contributed by atoms with van der Waals surface area (Å²) in [5, 5.41) is 8.82. The number of carbonyl (C=O) groups excluding carboxylic acids is 1. The van der Waals surface area contributed by atoms with Gasteiger partial charge in [-0.25, -0.2) is 0 Å². The summed E-state index contributed by atoms with van der Waals surface area (Å²) in [6.07, 6.45) is 3.72. The maximum atomic E-state index is 11.8. The van der Waals surface area contributed by atoms with Crippen molar-refractivity contribution >= 4 is 5.91 Å². The Labute approximate surface area is 117 Å². The molecular weight excluding hydrogens is 242 g/mol. The van der Waals surface area contributed by atoms with Gasteiger partial charge in [0.05, 0.1) is 12.7 Å². The first-order chi connectivity index (χ1) is 8.95. The summed E-state index contributed by atoms with van der Waals surface area (Å²) >= 11 is 0. The van der Waals surface area contributed by atoms with Gasteiger partial charge in [-0.3, -0.25) is 4.79 Å². The van der Waals surface area contributed by atoms with E-state index in [2.05, 4.69) is 20.8 Å². The minimum absolute atomic E-state index is 0.00266. The van der Waals surface area contributed by atoms with Crippen LogP contribution in [0.1, 0.15) is 40.0 Å². The van der Waals surface area contributed by atoms with E-state index in [9.17, 15) is 4.79 Å². The van der Waals surface area contributed by atoms with Crippen LogP contribution in [0.2, 0.25) is 0 Å². The molecule has 1 amide bonds. The number of carbonyl (C=O) groups is 1. The molecule has 1 fully saturated rings. The van der Waals surface area contributed by atoms with Crippen LogP contribution in [0.15, 0.2) is 0 Å². The molecule has 1 saturated carbocycles. The van der Waals surface area contributed by atoms with Gasteiger partial charge < -0.3 is 14.7 Å². The third-order valence-electron chi connectivity index (χ3n) is 4.24. The van der Waals surface area contributed by atoms with E-state index in [4.69, 9.17) is 9.84 Å². The topological polar surface area (TPSA) is 49.8 Å². The minimum Gasteiger partial charge on any atom is -0.395 e. The lowest BCUT2D eigenvalue weighted by Gasteiger charge is -2.37. The third-order valence-corrected chi connectivity index (χ3v) is 4.24. The summed E-state index contributed by atoms with van der Waals surface area (Å²) in [4.78, 5) is 13.3. The van der Waals surface area contributed by atoms with E-state index < -0.39 is 0 Å². The van der Waals surface area contributed by atoms with Gasteiger partial charge in [0.25, 0.3) is 0 Å². The summed E-state index contributed by atoms with van der Waals surface area (Å²) in [6, 6.07) is 0. The molecule has 0 aromatic carbocycles. The van der Waals surface area contributed by atoms with Gasteiger partial charge in [0.15, 0.2) is 0 Å². The van der Waals surface area contributed by atoms with Crippen LogP contribution in [0.5, 0.6) is 0 Å². The van der Waals surface area contributed by atoms with Gasteiger partial charge in [-0.15, -0.1) is 0 Å². The highest BCUT2D eigenvalue weighted by Crippen LogP contribution is 2.35. The summed E-state index contributed by atoms with van der Waals surface area (Å²) in [5.41, 5.74) is 0. The SMILES string of the molecule is CC1CCC(C(C)C)C(OCC(=O)N(C)CCO)C1. The lowest BCUT2D eigenvalue weighted by molar-refractivity contribution is -0.140. The normalized spacial score (nSPS) is 27.6. The Bertz CT molecular complexity index is 281. The Kier molecular flexibility index (Phi) is 6.80. The Morgan fingerprint density at radius 1 is 1.42 bits per heavy atom. The molecule has 0 radical (unpaired) electrons. The number of amides is 1. The van der Waals surface area contributed by atoms with E-state index in [0.717, 1.165) is 6.42 Å². The van der Waals surface area contributed by atoms with Crippen LogP contribution in [0.3, 0.4) is 0 Å². The first kappa shape index (κ1) is 16.4. The number of nitrogens with zero attached hydrogens (tertiary/aromatic N) is 1. The molecule has 1 N–H and O–H groups in total. The van der Waals surface area contributed by atoms with E-state index >= 15 is 0 Å². The second-order valence-corrected chi connectivity index (χ2v) is 6.21. The van der Waals surface area contributed by atoms with Crippen LogP contribution in [0.4, 0.5) is 0 Å². The number of hydrogen-bond acceptors (Lipinski definition) is 3. The number of aliphatic hydroxyl groups is 1. The molecule has 0 spiro atoms. The first-order valence-electron chi connectivity index (χ1n) is 7.42. The fraction of sp³-hybridized carbons (Fsp3) is 0.933. The van der Waals surface area contributed by atoms with Crippen LogP contribution in [0, 0.1) is 17.8 Å². The predicted molar refractivity (Wildman–Crippen MR) is 75.8 cm³/mol. The molecule has 0 aromatic heterocycles. The van der Waals surface area contributed by atoms with E-state index in [1.807, 2.05) is 0 Å². The van der Waals surface area contributed by atoms with E-state index in [1.54, 1.807) is 7.05 Å². The zero-order valence-corrected chi connectivity index (χ0v) is 12.8. The van der Waals surface area contributed by atoms with Crippen molar-refractivity contribution in [3.05, 3.63) is 0 Å². The van der Waals surface area contributed by atoms with E-state index in [-0.39, 0.29) is 25.2 Å². The van der Waals surface area contributed by atoms with Crippen LogP contribution >= 0.6 is 0 Å². The summed E-state index contributed by atoms with van der Waals surface area (Å²) in [6.45, 7) is 7.23. The molecule has 4 nitrogen and oxygen atoms in total. The monoisotopic (exact) mass is 271 g/mol. The van der Waals surface area contributed by atoms with E-state index in [0.29, 0.717) is 24.3 Å². The summed E-state index contributed by atoms with van der Waals surface area (Å²) in [5.74, 6) is 1.80. The van der Waals surface area contributed by atoms with Gasteiger partial charge in [-0.05, 0) is 30.6 Å². The second-order valence-electron chi connectivity index (χ2n) is 6.21. The molecule has 1 aliphatic rings. The lowest BCUT2D eigenvalue weighted by Crippen LogP contribution is -2.38. The standard InChI is InChI=1S/C15H29NO3/c1-11(2)13-6-5-12(3)9-14(13)19-10-15(18)16(4)7-8-17/h11-14,17H,5-10H2,1-4H3. The molecule has 3 atom stereocenters. The van der Waals surface area contributed by atoms with Gasteiger partial charge in [0.1, 0.15) is 6.61 Å². The first-order valence-corrected chi connectivity index (χ1v) is 7.42. The van der Waals surface area contributed by atoms with Crippen molar-refractivity contribution in [2.45, 2.75) is 46.1 Å². The van der Waals surface area contributed by atoms with Crippen molar-refractivity contribution < 1.29 is 14.6 Å². The Balaban J connectivity index is 2.46. The predicted octanol–water partition coefficient (Wildman–Crippen LogP) is 1.91. The van der Waals surface area contributed by atoms with Gasteiger partial charge in [0, 0.05) is 13.6 Å². The van der Waals surface area contributed by atoms with Crippen LogP contribution in [-0.4, -0.2) is 48.8 Å². The average molecular weight is 271 g/mol. The van der Waals surface area contributed by atoms with Crippen molar-refractivity contribution in [2.24, 2.45) is 17.8 Å². The van der Waals surface area contributed by atoms with Crippen molar-refractivity contribution in [3.8, 4) is 0 Å². The van der Waals surface area contributed by atoms with Crippen LogP contribution in [0.25, 0.3) is 0 Å². The van der Waals surface area contributed by atoms with Gasteiger partial charge >= 0.3 is 0 Å². The molecule has 0 bridgehead atoms. The molecule has 1 rings (SSSR count). The molecule has 4 heteroatoms. The van der Waals surface area contributed by atoms with Gasteiger partial charge in [-0.1, -0.05) is 27.2 Å². The van der Waals surface area contributed by atoms with Crippen molar-refractivity contribution in [2.75, 3.05) is 26.8 Å². The number of ether oxygens (including phenoxy) is 1. The summed E-state index contributed by atoms with van der Waals surface area (Å²) in [7, 11) is 1.70. The Morgan fingerprint density at radius 2 is 2.11 bits per heavy atom. The zero-order chi connectivity index (χ0) is 14.4. The molecular formula is C15H29NO3. The maximum absolute atomic E-state index is 11.8. The van der Waals surface area contributed by atoms with Crippen molar-refractivity contribution in [1.29, 1.82) is 0 Å². The lowest BCUT2D eigenvalue weighted by atomic mass is 9.75. The fourth-order valence-electron chi connectivity index (χ4n) is 2.87. The molecule has 0 aliphatic heterocycles. The van der Waals surface area contributed by atoms with Crippen LogP contribution in [-0.2, 0) is 9.53 Å². The third kappa shape index (κ3) is 5.11. The zero-order valence-electron chi connectivity index (χ0n) is 12.8. The van der Waals surface area contributed by atoms with E-state index in [1.165, 1.54) is 17.7 Å². The number of likely N-dealkylation sites (N-methyl/N-ethyl adjacent to an activating group) is 1. The molecule has 0 aromatic rings. The highest BCUT2D eigenvalue weighted by Gasteiger charge is 2.31. The number of aliphatic hydroxyl groups excluding tert-OH is 1. The maximum Gasteiger partial charge on any atom is 0.248 e. The van der Waals surface area contributed by atoms with Gasteiger partial charge in [-0.2, -0.15) is 0 Å². The molecule has 0 saturated heterocycles. The van der Waals surface area contributed by atoms with Crippen molar-refractivity contribution in [3.63, 3.8) is 0 Å². The number of rotatable bonds is 6. The summed E-state index contributed by atoms with van der Waals surface area (Å²) < 4.78 is 5.88. The quantitative estimate of drug-likeness (QED) is 0.803. The largest absolute Gasteiger partial charge is 0.395 e. The minimum atomic E-state index is -0.0465. The molecule has 19 heavy (non-hydrogen) atoms. The van der Waals surface area contributed by atoms with Gasteiger partial charge in [0.2, 0.25) is 5.91 Å². The van der Waals surface area contributed by atoms with Crippen LogP contribution < -0.4 is 0 Å². The molecule has 3 unspecified atom stereocenters. The van der Waals surface area contributed by atoms with Crippen molar-refractivity contribution in [1.82, 2.24) is 4.90 Å². The highest BCUT2D eigenvalue weighted by molar-refractivity contribution is 5.77. The highest BCUT2D eigenvalue weighted by atomic mass is 16.5. The Morgan fingerprint density at radius 3 is 2.68 bits per heavy atom. The average Bonchev–Trinajstić information content (AvgIpc) is 2.35. The smallest absolute Gasteiger partial charge is 0.248 e.